The van der Waals surface area contributed by atoms with Crippen LogP contribution >= 0.6 is 11.6 Å². The van der Waals surface area contributed by atoms with E-state index in [-0.39, 0.29) is 0 Å². The van der Waals surface area contributed by atoms with E-state index in [1.807, 2.05) is 13.0 Å². The third-order valence-corrected chi connectivity index (χ3v) is 3.68. The Balaban J connectivity index is 2.38. The number of benzene rings is 1. The first kappa shape index (κ1) is 12.5. The van der Waals surface area contributed by atoms with Gasteiger partial charge in [-0.25, -0.2) is 0 Å². The van der Waals surface area contributed by atoms with Crippen molar-refractivity contribution >= 4 is 17.3 Å². The van der Waals surface area contributed by atoms with Gasteiger partial charge in [-0.05, 0) is 25.5 Å². The zero-order valence-electron chi connectivity index (χ0n) is 10.6. The highest BCUT2D eigenvalue weighted by Crippen LogP contribution is 2.34. The fourth-order valence-corrected chi connectivity index (χ4v) is 2.39. The number of halogens is 1. The van der Waals surface area contributed by atoms with Gasteiger partial charge in [0.1, 0.15) is 5.75 Å². The van der Waals surface area contributed by atoms with Crippen molar-refractivity contribution in [3.8, 4) is 5.75 Å². The topological polar surface area (TPSA) is 24.5 Å². The molecule has 0 saturated carbocycles. The van der Waals surface area contributed by atoms with Gasteiger partial charge in [0.25, 0.3) is 0 Å². The van der Waals surface area contributed by atoms with E-state index >= 15 is 0 Å². The molecule has 3 nitrogen and oxygen atoms in total. The Morgan fingerprint density at radius 3 is 2.88 bits per heavy atom. The molecule has 4 heteroatoms. The Hall–Kier alpha value is -0.930. The van der Waals surface area contributed by atoms with Gasteiger partial charge in [-0.15, -0.1) is 0 Å². The molecule has 1 aliphatic rings. The highest BCUT2D eigenvalue weighted by molar-refractivity contribution is 6.31. The third-order valence-electron chi connectivity index (χ3n) is 3.27. The van der Waals surface area contributed by atoms with E-state index in [2.05, 4.69) is 23.2 Å². The molecule has 1 fully saturated rings. The molecule has 1 N–H and O–H groups in total. The molecule has 0 aliphatic carbocycles. The molecule has 1 aromatic carbocycles. The lowest BCUT2D eigenvalue weighted by Crippen LogP contribution is -2.50. The summed E-state index contributed by atoms with van der Waals surface area (Å²) in [7, 11) is 1.69. The minimum Gasteiger partial charge on any atom is -0.495 e. The molecule has 1 saturated heterocycles. The molecule has 1 aromatic rings. The second kappa shape index (κ2) is 5.15. The lowest BCUT2D eigenvalue weighted by molar-refractivity contribution is 0.409. The van der Waals surface area contributed by atoms with Crippen LogP contribution in [0.5, 0.6) is 5.75 Å². The number of anilines is 1. The van der Waals surface area contributed by atoms with E-state index in [0.29, 0.717) is 6.04 Å². The molecule has 1 heterocycles. The Bertz CT molecular complexity index is 409. The smallest absolute Gasteiger partial charge is 0.143 e. The van der Waals surface area contributed by atoms with E-state index in [9.17, 15) is 0 Å². The Morgan fingerprint density at radius 2 is 2.24 bits per heavy atom. The van der Waals surface area contributed by atoms with Gasteiger partial charge in [-0.1, -0.05) is 11.6 Å². The van der Waals surface area contributed by atoms with Gasteiger partial charge in [-0.3, -0.25) is 0 Å². The number of ether oxygens (including phenoxy) is 1. The van der Waals surface area contributed by atoms with E-state index in [1.165, 1.54) is 0 Å². The molecular formula is C13H19ClN2O. The summed E-state index contributed by atoms with van der Waals surface area (Å²) in [6.07, 6.45) is 0. The van der Waals surface area contributed by atoms with Gasteiger partial charge in [0, 0.05) is 36.8 Å². The van der Waals surface area contributed by atoms with Crippen LogP contribution in [0.4, 0.5) is 5.69 Å². The molecule has 0 spiro atoms. The van der Waals surface area contributed by atoms with Crippen LogP contribution in [0.1, 0.15) is 12.5 Å². The Labute approximate surface area is 108 Å². The predicted octanol–water partition coefficient (Wildman–Crippen LogP) is 2.46. The van der Waals surface area contributed by atoms with Crippen molar-refractivity contribution in [2.45, 2.75) is 19.9 Å². The highest BCUT2D eigenvalue weighted by Gasteiger charge is 2.21. The van der Waals surface area contributed by atoms with Crippen LogP contribution in [0.3, 0.4) is 0 Å². The number of hydrogen-bond donors (Lipinski definition) is 1. The summed E-state index contributed by atoms with van der Waals surface area (Å²) in [4.78, 5) is 2.37. The predicted molar refractivity (Wildman–Crippen MR) is 72.4 cm³/mol. The van der Waals surface area contributed by atoms with Crippen LogP contribution in [0.2, 0.25) is 5.02 Å². The molecule has 0 aromatic heterocycles. The summed E-state index contributed by atoms with van der Waals surface area (Å²) in [5.41, 5.74) is 2.23. The summed E-state index contributed by atoms with van der Waals surface area (Å²) in [5, 5.41) is 4.15. The minimum absolute atomic E-state index is 0.471. The normalized spacial score (nSPS) is 20.5. The van der Waals surface area contributed by atoms with E-state index in [4.69, 9.17) is 16.3 Å². The molecule has 0 amide bonds. The number of nitrogens with one attached hydrogen (secondary N) is 1. The van der Waals surface area contributed by atoms with Gasteiger partial charge >= 0.3 is 0 Å². The highest BCUT2D eigenvalue weighted by atomic mass is 35.5. The van der Waals surface area contributed by atoms with Gasteiger partial charge < -0.3 is 15.0 Å². The van der Waals surface area contributed by atoms with E-state index in [0.717, 1.165) is 41.7 Å². The lowest BCUT2D eigenvalue weighted by Gasteiger charge is -2.36. The Kier molecular flexibility index (Phi) is 3.79. The first-order valence-electron chi connectivity index (χ1n) is 5.95. The standard InChI is InChI=1S/C13H19ClN2O/c1-9-6-12(13(17-3)7-11(9)14)16-5-4-15-8-10(16)2/h6-7,10,15H,4-5,8H2,1-3H3/t10-/m0/s1. The van der Waals surface area contributed by atoms with Crippen molar-refractivity contribution in [3.05, 3.63) is 22.7 Å². The minimum atomic E-state index is 0.471. The van der Waals surface area contributed by atoms with Gasteiger partial charge in [0.05, 0.1) is 12.8 Å². The molecule has 2 rings (SSSR count). The molecule has 0 unspecified atom stereocenters. The zero-order chi connectivity index (χ0) is 12.4. The fraction of sp³-hybridized carbons (Fsp3) is 0.538. The van der Waals surface area contributed by atoms with Crippen molar-refractivity contribution in [2.24, 2.45) is 0 Å². The van der Waals surface area contributed by atoms with Gasteiger partial charge in [0.2, 0.25) is 0 Å². The molecular weight excluding hydrogens is 236 g/mol. The first-order valence-corrected chi connectivity index (χ1v) is 6.32. The van der Waals surface area contributed by atoms with Gasteiger partial charge in [-0.2, -0.15) is 0 Å². The summed E-state index contributed by atoms with van der Waals surface area (Å²) < 4.78 is 5.44. The van der Waals surface area contributed by atoms with Crippen molar-refractivity contribution in [1.29, 1.82) is 0 Å². The summed E-state index contributed by atoms with van der Waals surface area (Å²) >= 11 is 6.13. The quantitative estimate of drug-likeness (QED) is 0.878. The average Bonchev–Trinajstić information content (AvgIpc) is 2.33. The maximum Gasteiger partial charge on any atom is 0.143 e. The maximum absolute atomic E-state index is 6.13. The van der Waals surface area contributed by atoms with Crippen LogP contribution in [-0.2, 0) is 0 Å². The van der Waals surface area contributed by atoms with Crippen LogP contribution in [0.25, 0.3) is 0 Å². The maximum atomic E-state index is 6.13. The summed E-state index contributed by atoms with van der Waals surface area (Å²) in [5.74, 6) is 0.856. The van der Waals surface area contributed by atoms with E-state index in [1.54, 1.807) is 7.11 Å². The Morgan fingerprint density at radius 1 is 1.47 bits per heavy atom. The number of piperazine rings is 1. The molecule has 1 aliphatic heterocycles. The number of aryl methyl sites for hydroxylation is 1. The SMILES string of the molecule is COc1cc(Cl)c(C)cc1N1CCNC[C@@H]1C. The number of hydrogen-bond acceptors (Lipinski definition) is 3. The van der Waals surface area contributed by atoms with Gasteiger partial charge in [0.15, 0.2) is 0 Å². The van der Waals surface area contributed by atoms with Crippen molar-refractivity contribution < 1.29 is 4.74 Å². The largest absolute Gasteiger partial charge is 0.495 e. The van der Waals surface area contributed by atoms with Crippen LogP contribution in [0.15, 0.2) is 12.1 Å². The lowest BCUT2D eigenvalue weighted by atomic mass is 10.1. The number of nitrogens with zero attached hydrogens (tertiary/aromatic N) is 1. The average molecular weight is 255 g/mol. The van der Waals surface area contributed by atoms with Crippen LogP contribution in [-0.4, -0.2) is 32.8 Å². The molecule has 0 bridgehead atoms. The summed E-state index contributed by atoms with van der Waals surface area (Å²) in [6.45, 7) is 7.26. The molecule has 0 radical (unpaired) electrons. The van der Waals surface area contributed by atoms with Crippen molar-refractivity contribution in [2.75, 3.05) is 31.6 Å². The number of methoxy groups -OCH3 is 1. The van der Waals surface area contributed by atoms with E-state index < -0.39 is 0 Å². The summed E-state index contributed by atoms with van der Waals surface area (Å²) in [6, 6.07) is 4.49. The van der Waals surface area contributed by atoms with Crippen LogP contribution in [0, 0.1) is 6.92 Å². The second-order valence-electron chi connectivity index (χ2n) is 4.52. The second-order valence-corrected chi connectivity index (χ2v) is 4.93. The monoisotopic (exact) mass is 254 g/mol. The van der Waals surface area contributed by atoms with Crippen molar-refractivity contribution in [1.82, 2.24) is 5.32 Å². The van der Waals surface area contributed by atoms with Crippen LogP contribution < -0.4 is 15.0 Å². The molecule has 17 heavy (non-hydrogen) atoms. The fourth-order valence-electron chi connectivity index (χ4n) is 2.23. The third kappa shape index (κ3) is 2.50. The first-order chi connectivity index (χ1) is 8.13. The molecule has 1 atom stereocenters. The van der Waals surface area contributed by atoms with Crippen molar-refractivity contribution in [3.63, 3.8) is 0 Å². The number of rotatable bonds is 2. The zero-order valence-corrected chi connectivity index (χ0v) is 11.3. The molecule has 94 valence electrons.